The average molecular weight is 461 g/mol. The van der Waals surface area contributed by atoms with Crippen molar-refractivity contribution in [3.05, 3.63) is 59.2 Å². The quantitative estimate of drug-likeness (QED) is 0.744. The summed E-state index contributed by atoms with van der Waals surface area (Å²) in [6, 6.07) is 13.4. The molecule has 0 spiro atoms. The minimum Gasteiger partial charge on any atom is -0.358 e. The van der Waals surface area contributed by atoms with Crippen molar-refractivity contribution in [3.63, 3.8) is 0 Å². The first-order valence-corrected chi connectivity index (χ1v) is 12.3. The highest BCUT2D eigenvalue weighted by molar-refractivity contribution is 6.09. The van der Waals surface area contributed by atoms with Crippen LogP contribution in [0.25, 0.3) is 0 Å². The van der Waals surface area contributed by atoms with Gasteiger partial charge in [-0.05, 0) is 62.8 Å². The molecule has 3 heterocycles. The van der Waals surface area contributed by atoms with Crippen LogP contribution in [0.5, 0.6) is 0 Å². The molecule has 2 aromatic carbocycles. The standard InChI is InChI=1S/C27H32N4O3/c1-19-7-6-8-20(15-19)17-28-25(32)18-31-24-16-21(26(33)29-12-4-5-13-29)10-11-22(24)30-14-3-2-9-23(30)27(31)34/h6-8,10-11,15-16,23H,2-5,9,12-14,17-18H2,1H3,(H,28,32)/t23-/m1/s1. The predicted octanol–water partition coefficient (Wildman–Crippen LogP) is 3.25. The van der Waals surface area contributed by atoms with E-state index in [9.17, 15) is 14.4 Å². The zero-order valence-electron chi connectivity index (χ0n) is 19.8. The van der Waals surface area contributed by atoms with Crippen LogP contribution in [0.2, 0.25) is 0 Å². The lowest BCUT2D eigenvalue weighted by molar-refractivity contribution is -0.125. The third-order valence-electron chi connectivity index (χ3n) is 7.14. The Balaban J connectivity index is 1.40. The number of fused-ring (bicyclic) bond motifs is 3. The van der Waals surface area contributed by atoms with Crippen LogP contribution < -0.4 is 15.1 Å². The number of hydrogen-bond acceptors (Lipinski definition) is 4. The third-order valence-corrected chi connectivity index (χ3v) is 7.14. The van der Waals surface area contributed by atoms with Crippen molar-refractivity contribution in [3.8, 4) is 0 Å². The number of amides is 3. The molecule has 34 heavy (non-hydrogen) atoms. The number of benzene rings is 2. The lowest BCUT2D eigenvalue weighted by Crippen LogP contribution is -2.57. The Morgan fingerprint density at radius 1 is 0.971 bits per heavy atom. The molecule has 3 amide bonds. The SMILES string of the molecule is Cc1cccc(CNC(=O)CN2C(=O)[C@H]3CCCCN3c3ccc(C(=O)N4CCCC4)cc32)c1. The molecule has 1 N–H and O–H groups in total. The highest BCUT2D eigenvalue weighted by Crippen LogP contribution is 2.40. The van der Waals surface area contributed by atoms with Crippen LogP contribution in [0, 0.1) is 6.92 Å². The zero-order chi connectivity index (χ0) is 23.7. The molecule has 3 aliphatic rings. The molecule has 0 saturated carbocycles. The molecule has 7 nitrogen and oxygen atoms in total. The van der Waals surface area contributed by atoms with Crippen LogP contribution in [0.3, 0.4) is 0 Å². The van der Waals surface area contributed by atoms with Crippen molar-refractivity contribution < 1.29 is 14.4 Å². The van der Waals surface area contributed by atoms with Crippen LogP contribution in [0.4, 0.5) is 11.4 Å². The number of carbonyl (C=O) groups is 3. The summed E-state index contributed by atoms with van der Waals surface area (Å²) in [6.07, 6.45) is 4.87. The maximum atomic E-state index is 13.5. The largest absolute Gasteiger partial charge is 0.358 e. The van der Waals surface area contributed by atoms with Gasteiger partial charge in [-0.1, -0.05) is 29.8 Å². The average Bonchev–Trinajstić information content (AvgIpc) is 3.40. The number of nitrogens with one attached hydrogen (secondary N) is 1. The van der Waals surface area contributed by atoms with Gasteiger partial charge in [0.25, 0.3) is 5.91 Å². The Morgan fingerprint density at radius 2 is 1.76 bits per heavy atom. The normalized spacial score (nSPS) is 19.6. The summed E-state index contributed by atoms with van der Waals surface area (Å²) >= 11 is 0. The summed E-state index contributed by atoms with van der Waals surface area (Å²) in [5.74, 6) is -0.262. The van der Waals surface area contributed by atoms with Crippen LogP contribution in [0.15, 0.2) is 42.5 Å². The van der Waals surface area contributed by atoms with E-state index in [0.717, 1.165) is 68.6 Å². The third kappa shape index (κ3) is 4.39. The van der Waals surface area contributed by atoms with Gasteiger partial charge in [0.05, 0.1) is 11.4 Å². The highest BCUT2D eigenvalue weighted by Gasteiger charge is 2.40. The molecule has 0 bridgehead atoms. The Kier molecular flexibility index (Phi) is 6.26. The predicted molar refractivity (Wildman–Crippen MR) is 132 cm³/mol. The van der Waals surface area contributed by atoms with Crippen molar-refractivity contribution in [2.24, 2.45) is 0 Å². The van der Waals surface area contributed by atoms with Crippen molar-refractivity contribution in [1.82, 2.24) is 10.2 Å². The molecule has 178 valence electrons. The molecule has 2 saturated heterocycles. The number of carbonyl (C=O) groups excluding carboxylic acids is 3. The minimum absolute atomic E-state index is 0.00244. The maximum absolute atomic E-state index is 13.5. The van der Waals surface area contributed by atoms with E-state index in [0.29, 0.717) is 17.8 Å². The highest BCUT2D eigenvalue weighted by atomic mass is 16.2. The number of anilines is 2. The number of likely N-dealkylation sites (tertiary alicyclic amines) is 1. The summed E-state index contributed by atoms with van der Waals surface area (Å²) < 4.78 is 0. The molecule has 0 unspecified atom stereocenters. The van der Waals surface area contributed by atoms with Gasteiger partial charge in [0.1, 0.15) is 12.6 Å². The lowest BCUT2D eigenvalue weighted by Gasteiger charge is -2.45. The first-order valence-electron chi connectivity index (χ1n) is 12.3. The fourth-order valence-electron chi connectivity index (χ4n) is 5.38. The van der Waals surface area contributed by atoms with E-state index in [1.165, 1.54) is 0 Å². The van der Waals surface area contributed by atoms with Crippen molar-refractivity contribution in [2.75, 3.05) is 36.0 Å². The maximum Gasteiger partial charge on any atom is 0.253 e. The van der Waals surface area contributed by atoms with E-state index in [4.69, 9.17) is 0 Å². The van der Waals surface area contributed by atoms with E-state index in [1.807, 2.05) is 54.3 Å². The zero-order valence-corrected chi connectivity index (χ0v) is 19.8. The van der Waals surface area contributed by atoms with Gasteiger partial charge in [0.15, 0.2) is 0 Å². The molecule has 1 atom stereocenters. The fraction of sp³-hybridized carbons (Fsp3) is 0.444. The Hall–Kier alpha value is -3.35. The number of aryl methyl sites for hydroxylation is 1. The van der Waals surface area contributed by atoms with E-state index >= 15 is 0 Å². The molecule has 0 radical (unpaired) electrons. The van der Waals surface area contributed by atoms with Gasteiger partial charge < -0.3 is 15.1 Å². The lowest BCUT2D eigenvalue weighted by atomic mass is 9.95. The van der Waals surface area contributed by atoms with Crippen LogP contribution >= 0.6 is 0 Å². The minimum atomic E-state index is -0.244. The van der Waals surface area contributed by atoms with Crippen LogP contribution in [-0.2, 0) is 16.1 Å². The van der Waals surface area contributed by atoms with E-state index in [-0.39, 0.29) is 30.3 Å². The molecular weight excluding hydrogens is 428 g/mol. The Morgan fingerprint density at radius 3 is 2.56 bits per heavy atom. The van der Waals surface area contributed by atoms with Crippen LogP contribution in [0.1, 0.15) is 53.6 Å². The molecule has 0 aromatic heterocycles. The van der Waals surface area contributed by atoms with Gasteiger partial charge in [-0.2, -0.15) is 0 Å². The molecular formula is C27H32N4O3. The Labute approximate surface area is 200 Å². The van der Waals surface area contributed by atoms with E-state index < -0.39 is 0 Å². The monoisotopic (exact) mass is 460 g/mol. The van der Waals surface area contributed by atoms with Gasteiger partial charge in [0, 0.05) is 31.7 Å². The Bertz CT molecular complexity index is 1110. The number of piperidine rings is 1. The summed E-state index contributed by atoms with van der Waals surface area (Å²) in [5.41, 5.74) is 4.34. The van der Waals surface area contributed by atoms with Crippen molar-refractivity contribution in [2.45, 2.75) is 51.6 Å². The molecule has 0 aliphatic carbocycles. The second-order valence-electron chi connectivity index (χ2n) is 9.60. The van der Waals surface area contributed by atoms with Gasteiger partial charge in [-0.15, -0.1) is 0 Å². The van der Waals surface area contributed by atoms with Gasteiger partial charge in [-0.3, -0.25) is 19.3 Å². The number of nitrogens with zero attached hydrogens (tertiary/aromatic N) is 3. The van der Waals surface area contributed by atoms with Crippen molar-refractivity contribution >= 4 is 29.1 Å². The molecule has 3 aliphatic heterocycles. The molecule has 2 aromatic rings. The van der Waals surface area contributed by atoms with E-state index in [2.05, 4.69) is 10.2 Å². The van der Waals surface area contributed by atoms with Gasteiger partial charge >= 0.3 is 0 Å². The second kappa shape index (κ2) is 9.49. The van der Waals surface area contributed by atoms with Gasteiger partial charge in [0.2, 0.25) is 11.8 Å². The fourth-order valence-corrected chi connectivity index (χ4v) is 5.38. The second-order valence-corrected chi connectivity index (χ2v) is 9.60. The van der Waals surface area contributed by atoms with E-state index in [1.54, 1.807) is 4.90 Å². The topological polar surface area (TPSA) is 73.0 Å². The molecule has 7 heteroatoms. The first kappa shape index (κ1) is 22.4. The summed E-state index contributed by atoms with van der Waals surface area (Å²) in [7, 11) is 0. The van der Waals surface area contributed by atoms with Gasteiger partial charge in [-0.25, -0.2) is 0 Å². The first-order chi connectivity index (χ1) is 16.5. The summed E-state index contributed by atoms with van der Waals surface area (Å²) in [4.78, 5) is 45.1. The van der Waals surface area contributed by atoms with Crippen molar-refractivity contribution in [1.29, 1.82) is 0 Å². The summed E-state index contributed by atoms with van der Waals surface area (Å²) in [5, 5.41) is 2.96. The summed E-state index contributed by atoms with van der Waals surface area (Å²) in [6.45, 7) is 4.74. The number of hydrogen-bond donors (Lipinski definition) is 1. The number of rotatable bonds is 5. The smallest absolute Gasteiger partial charge is 0.253 e. The van der Waals surface area contributed by atoms with Crippen LogP contribution in [-0.4, -0.2) is 54.8 Å². The molecule has 5 rings (SSSR count). The molecule has 2 fully saturated rings.